The zero-order chi connectivity index (χ0) is 94.2. The molecule has 8 nitrogen and oxygen atoms in total. The van der Waals surface area contributed by atoms with Crippen LogP contribution in [0.4, 0.5) is 0 Å². The van der Waals surface area contributed by atoms with E-state index in [4.69, 9.17) is 15.0 Å². The molecule has 24 rings (SSSR count). The quantitative estimate of drug-likeness (QED) is 0.0696. The van der Waals surface area contributed by atoms with Crippen LogP contribution in [0.15, 0.2) is 371 Å². The molecule has 0 atom stereocenters. The standard InChI is InChI=1S/C20H18NSi.2C19H24NSi2.C16H18NSi.C15H16NSi.3C11H8N.3Ir.Pt/c1-3-8-17(9-4-1)20-13-12-19(16-21-20)22(14-7-15-22)18-10-5-2-6-11-18;1-21(10-4-11-21)17-7-3-6-16(14-17)19-9-8-18(15-20-19)22(2)12-5-13-22;1-21(10-6-11-21)18-14-17(16-8-4-3-5-9-16)20-15-19(18)22(2)12-7-13-22;1-13-11-15(14-7-4-3-5-8-14)17-12-16(13)18(2)9-6-10-18;1-17(11-4-12-17)14-8-6-13(7-9-14)15-5-2-3-10-16-15;3*1-2-6-10(7-3-1)11-8-4-5-9-12-11;;;;/h1-6,8,10-13,16H,7,14-15H2;3,7-9,14-15H,4-5,10-13H2,1-2H3;3-5,8,14-15H,6-7,10-13H2,1-2H3;3-5,7,11-12H,6,9-10H2,1-2H3;2-3,5-6,8-10H,4,11-12H2,1H3;3*1-6,8-9H;;;;/q8*-1;;;;+2. The number of aromatic nitrogens is 8. The summed E-state index contributed by atoms with van der Waals surface area (Å²) in [5.41, 5.74) is 18.4. The Bertz CT molecular complexity index is 6340. The van der Waals surface area contributed by atoms with Crippen LogP contribution in [0, 0.1) is 55.5 Å². The van der Waals surface area contributed by atoms with E-state index in [1.165, 1.54) is 146 Å². The summed E-state index contributed by atoms with van der Waals surface area (Å²) in [4.78, 5) is 36.0. The van der Waals surface area contributed by atoms with E-state index < -0.39 is 56.5 Å². The maximum absolute atomic E-state index is 4.86. The molecular weight excluding hydrogens is 2550 g/mol. The summed E-state index contributed by atoms with van der Waals surface area (Å²) >= 11 is 0. The first-order valence-corrected chi connectivity index (χ1v) is 69.3. The fraction of sp³-hybridized carbons (Fsp3) is 0.230. The molecule has 141 heavy (non-hydrogen) atoms. The Morgan fingerprint density at radius 2 is 0.511 bits per heavy atom. The third kappa shape index (κ3) is 27.3. The van der Waals surface area contributed by atoms with Gasteiger partial charge in [-0.1, -0.05) is 288 Å². The van der Waals surface area contributed by atoms with Gasteiger partial charge in [-0.05, 0) is 110 Å². The summed E-state index contributed by atoms with van der Waals surface area (Å²) in [5.74, 6) is 0. The van der Waals surface area contributed by atoms with Gasteiger partial charge in [0.15, 0.2) is 0 Å². The largest absolute Gasteiger partial charge is 2.00 e. The second kappa shape index (κ2) is 51.7. The molecule has 0 bridgehead atoms. The summed E-state index contributed by atoms with van der Waals surface area (Å²) in [5, 5.41) is 12.8. The first kappa shape index (κ1) is 109. The number of aryl methyl sites for hydroxylation is 1. The molecule has 19 heteroatoms. The van der Waals surface area contributed by atoms with Crippen molar-refractivity contribution < 1.29 is 81.4 Å². The maximum atomic E-state index is 4.86. The van der Waals surface area contributed by atoms with Crippen LogP contribution in [0.1, 0.15) is 50.5 Å². The van der Waals surface area contributed by atoms with Gasteiger partial charge in [0.25, 0.3) is 0 Å². The fourth-order valence-electron chi connectivity index (χ4n) is 20.0. The molecule has 8 aromatic heterocycles. The Kier molecular flexibility index (Phi) is 39.8. The molecule has 7 fully saturated rings. The molecule has 7 aliphatic heterocycles. The molecule has 7 aliphatic rings. The van der Waals surface area contributed by atoms with Crippen LogP contribution in [0.25, 0.3) is 90.1 Å². The molecule has 17 aromatic rings. The molecule has 0 amide bonds. The predicted molar refractivity (Wildman–Crippen MR) is 591 cm³/mol. The second-order valence-corrected chi connectivity index (χ2v) is 72.0. The minimum Gasteiger partial charge on any atom is -0.305 e. The molecule has 0 spiro atoms. The van der Waals surface area contributed by atoms with E-state index in [2.05, 4.69) is 272 Å². The van der Waals surface area contributed by atoms with E-state index in [1.807, 2.05) is 200 Å². The molecule has 0 unspecified atom stereocenters. The van der Waals surface area contributed by atoms with Gasteiger partial charge in [-0.2, -0.15) is 0 Å². The summed E-state index contributed by atoms with van der Waals surface area (Å²) < 4.78 is 0. The zero-order valence-corrected chi connectivity index (χ0v) is 98.4. The van der Waals surface area contributed by atoms with Gasteiger partial charge in [0, 0.05) is 118 Å². The third-order valence-electron chi connectivity index (χ3n) is 30.1. The van der Waals surface area contributed by atoms with E-state index in [9.17, 15) is 0 Å². The normalized spacial score (nSPS) is 16.0. The van der Waals surface area contributed by atoms with Gasteiger partial charge in [-0.15, -0.1) is 285 Å². The molecule has 723 valence electrons. The van der Waals surface area contributed by atoms with Crippen LogP contribution in [0.2, 0.25) is 124 Å². The van der Waals surface area contributed by atoms with Crippen molar-refractivity contribution in [2.45, 2.75) is 176 Å². The zero-order valence-electron chi connectivity index (χ0n) is 82.0. The van der Waals surface area contributed by atoms with E-state index >= 15 is 0 Å². The topological polar surface area (TPSA) is 103 Å². The van der Waals surface area contributed by atoms with Gasteiger partial charge in [0.05, 0.1) is 40.4 Å². The minimum atomic E-state index is -1.49. The van der Waals surface area contributed by atoms with E-state index in [-0.39, 0.29) is 81.4 Å². The van der Waals surface area contributed by atoms with Gasteiger partial charge >= 0.3 is 21.1 Å². The van der Waals surface area contributed by atoms with Crippen LogP contribution in [0.5, 0.6) is 0 Å². The van der Waals surface area contributed by atoms with Crippen molar-refractivity contribution in [2.24, 2.45) is 0 Å². The van der Waals surface area contributed by atoms with Gasteiger partial charge in [0.1, 0.15) is 8.07 Å². The van der Waals surface area contributed by atoms with Crippen LogP contribution >= 0.6 is 0 Å². The number of hydrogen-bond acceptors (Lipinski definition) is 8. The Morgan fingerprint density at radius 3 is 0.844 bits per heavy atom. The Hall–Kier alpha value is -9.67. The monoisotopic (exact) mass is 2670 g/mol. The second-order valence-electron chi connectivity index (χ2n) is 39.7. The summed E-state index contributed by atoms with van der Waals surface area (Å²) in [6.45, 7) is 17.4. The number of pyridine rings is 8. The smallest absolute Gasteiger partial charge is 0.305 e. The van der Waals surface area contributed by atoms with Crippen molar-refractivity contribution in [3.05, 3.63) is 425 Å². The minimum absolute atomic E-state index is 0. The van der Waals surface area contributed by atoms with Crippen LogP contribution in [0.3, 0.4) is 0 Å². The van der Waals surface area contributed by atoms with Crippen molar-refractivity contribution in [3.63, 3.8) is 0 Å². The summed E-state index contributed by atoms with van der Waals surface area (Å²) in [6, 6.07) is 156. The third-order valence-corrected chi connectivity index (χ3v) is 63.5. The molecule has 0 aliphatic carbocycles. The first-order valence-electron chi connectivity index (χ1n) is 49.4. The number of nitrogens with zero attached hydrogens (tertiary/aromatic N) is 8. The molecule has 3 radical (unpaired) electrons. The molecule has 15 heterocycles. The molecule has 0 saturated carbocycles. The van der Waals surface area contributed by atoms with Crippen LogP contribution < -0.4 is 41.5 Å². The van der Waals surface area contributed by atoms with Gasteiger partial charge < -0.3 is 39.9 Å². The Balaban J connectivity index is 0.000000136. The van der Waals surface area contributed by atoms with Crippen molar-refractivity contribution in [2.75, 3.05) is 0 Å². The average molecular weight is 2670 g/mol. The predicted octanol–water partition coefficient (Wildman–Crippen LogP) is 25.8. The fourth-order valence-corrected chi connectivity index (χ4v) is 44.1. The van der Waals surface area contributed by atoms with Crippen molar-refractivity contribution in [3.8, 4) is 90.1 Å². The number of benzene rings is 9. The molecule has 0 N–H and O–H groups in total. The summed E-state index contributed by atoms with van der Waals surface area (Å²) in [6.07, 6.45) is 25.8. The van der Waals surface area contributed by atoms with Crippen LogP contribution in [-0.2, 0) is 81.4 Å². The maximum Gasteiger partial charge on any atom is 2.00 e. The number of hydrogen-bond donors (Lipinski definition) is 0. The number of rotatable bonds is 16. The summed E-state index contributed by atoms with van der Waals surface area (Å²) in [7, 11) is -8.23. The molecule has 7 saturated heterocycles. The van der Waals surface area contributed by atoms with Crippen LogP contribution in [-0.4, -0.2) is 96.4 Å². The van der Waals surface area contributed by atoms with Crippen molar-refractivity contribution >= 4 is 98.0 Å². The first-order chi connectivity index (χ1) is 66.9. The van der Waals surface area contributed by atoms with Crippen molar-refractivity contribution in [1.82, 2.24) is 39.9 Å². The van der Waals surface area contributed by atoms with Gasteiger partial charge in [0.2, 0.25) is 0 Å². The van der Waals surface area contributed by atoms with E-state index in [0.717, 1.165) is 84.5 Å². The van der Waals surface area contributed by atoms with Gasteiger partial charge in [-0.25, -0.2) is 0 Å². The molecular formula is C122H124Ir3N8PtSi7-6. The van der Waals surface area contributed by atoms with Crippen molar-refractivity contribution in [1.29, 1.82) is 0 Å². The average Bonchev–Trinajstić information content (AvgIpc) is 0.733. The Morgan fingerprint density at radius 1 is 0.206 bits per heavy atom. The molecule has 9 aromatic carbocycles. The van der Waals surface area contributed by atoms with E-state index in [0.29, 0.717) is 0 Å². The SMILES string of the molecule is C[Si]1(c2c[c-]c(-c3ccccn3)cc2)CCC1.C[Si]1(c2ccc(-c3[c-]ccc([Si]4(C)CCC4)c3)nc2)CCC1.C[Si]1(c2cnc(-c3[c-]cccc3)cc2[Si]2(C)CCC2)CCC1.Cc1cc(-c2[c-]cccc2)ncc1[Si]1(C)CCC1.[Ir].[Ir].[Ir].[Pt+2].[c-]1ccccc1-c1ccc([Si]2(c3ccccc3)CCC2)cn1.[c-]1ccccc1-c1ccccn1.[c-]1ccccc1-c1ccccn1.[c-]1ccccc1-c1ccccn1. The van der Waals surface area contributed by atoms with E-state index in [1.54, 1.807) is 54.9 Å². The van der Waals surface area contributed by atoms with Gasteiger partial charge in [-0.3, -0.25) is 0 Å². The Labute approximate surface area is 901 Å².